The van der Waals surface area contributed by atoms with Crippen LogP contribution in [0.1, 0.15) is 22.7 Å². The summed E-state index contributed by atoms with van der Waals surface area (Å²) in [7, 11) is 0. The van der Waals surface area contributed by atoms with Crippen LogP contribution in [-0.2, 0) is 22.7 Å². The number of carbonyl (C=O) groups excluding carboxylic acids is 2. The minimum Gasteiger partial charge on any atom is -0.489 e. The smallest absolute Gasteiger partial charge is 0.319 e. The molecule has 32 heavy (non-hydrogen) atoms. The molecule has 1 saturated heterocycles. The van der Waals surface area contributed by atoms with Gasteiger partial charge in [0.05, 0.1) is 6.04 Å². The highest BCUT2D eigenvalue weighted by atomic mass is 16.5. The normalized spacial score (nSPS) is 17.8. The molecule has 0 radical (unpaired) electrons. The highest BCUT2D eigenvalue weighted by Gasteiger charge is 2.38. The van der Waals surface area contributed by atoms with Crippen molar-refractivity contribution >= 4 is 12.0 Å². The average Bonchev–Trinajstić information content (AvgIpc) is 2.82. The quantitative estimate of drug-likeness (QED) is 0.544. The van der Waals surface area contributed by atoms with Crippen LogP contribution < -0.4 is 15.4 Å². The number of carbonyl (C=O) groups is 2. The summed E-state index contributed by atoms with van der Waals surface area (Å²) in [6, 6.07) is 25.6. The molecule has 2 amide bonds. The predicted octanol–water partition coefficient (Wildman–Crippen LogP) is 4.49. The molecular formula is C26H24N2O4. The van der Waals surface area contributed by atoms with E-state index in [0.29, 0.717) is 18.1 Å². The molecule has 1 aliphatic rings. The Morgan fingerprint density at radius 2 is 1.44 bits per heavy atom. The Balaban J connectivity index is 1.45. The first-order valence-electron chi connectivity index (χ1n) is 10.3. The zero-order valence-corrected chi connectivity index (χ0v) is 17.5. The van der Waals surface area contributed by atoms with E-state index in [0.717, 1.165) is 16.7 Å². The molecule has 3 aromatic carbocycles. The van der Waals surface area contributed by atoms with Crippen molar-refractivity contribution in [2.75, 3.05) is 0 Å². The largest absolute Gasteiger partial charge is 0.489 e. The molecule has 2 atom stereocenters. The first-order valence-corrected chi connectivity index (χ1v) is 10.3. The summed E-state index contributed by atoms with van der Waals surface area (Å²) >= 11 is 0. The number of rotatable bonds is 7. The highest BCUT2D eigenvalue weighted by Crippen LogP contribution is 2.31. The molecule has 4 rings (SSSR count). The van der Waals surface area contributed by atoms with Gasteiger partial charge in [0.1, 0.15) is 24.9 Å². The summed E-state index contributed by atoms with van der Waals surface area (Å²) in [5.74, 6) is -0.520. The molecule has 6 heteroatoms. The molecule has 0 spiro atoms. The fraction of sp³-hybridized carbons (Fsp3) is 0.154. The van der Waals surface area contributed by atoms with E-state index in [2.05, 4.69) is 17.2 Å². The lowest BCUT2D eigenvalue weighted by atomic mass is 9.89. The van der Waals surface area contributed by atoms with Crippen molar-refractivity contribution in [2.24, 2.45) is 5.92 Å². The number of ether oxygens (including phenoxy) is 2. The van der Waals surface area contributed by atoms with Gasteiger partial charge in [-0.15, -0.1) is 0 Å². The Hall–Kier alpha value is -4.06. The fourth-order valence-corrected chi connectivity index (χ4v) is 3.57. The maximum Gasteiger partial charge on any atom is 0.319 e. The lowest BCUT2D eigenvalue weighted by Crippen LogP contribution is -2.51. The Kier molecular flexibility index (Phi) is 6.51. The molecule has 2 unspecified atom stereocenters. The number of urea groups is 1. The van der Waals surface area contributed by atoms with E-state index in [-0.39, 0.29) is 6.61 Å². The third-order valence-electron chi connectivity index (χ3n) is 5.23. The van der Waals surface area contributed by atoms with Gasteiger partial charge >= 0.3 is 12.0 Å². The molecule has 1 aliphatic heterocycles. The summed E-state index contributed by atoms with van der Waals surface area (Å²) < 4.78 is 11.4. The summed E-state index contributed by atoms with van der Waals surface area (Å²) in [5, 5.41) is 5.41. The van der Waals surface area contributed by atoms with E-state index in [9.17, 15) is 9.59 Å². The van der Waals surface area contributed by atoms with E-state index in [1.165, 1.54) is 0 Å². The molecule has 0 aromatic heterocycles. The fourth-order valence-electron chi connectivity index (χ4n) is 3.57. The van der Waals surface area contributed by atoms with Crippen molar-refractivity contribution in [1.82, 2.24) is 10.6 Å². The number of esters is 1. The Labute approximate surface area is 186 Å². The molecule has 0 bridgehead atoms. The van der Waals surface area contributed by atoms with Crippen LogP contribution in [0.2, 0.25) is 0 Å². The lowest BCUT2D eigenvalue weighted by Gasteiger charge is -2.33. The summed E-state index contributed by atoms with van der Waals surface area (Å²) in [6.45, 7) is 4.48. The average molecular weight is 428 g/mol. The van der Waals surface area contributed by atoms with Gasteiger partial charge in [0, 0.05) is 5.70 Å². The van der Waals surface area contributed by atoms with Crippen LogP contribution >= 0.6 is 0 Å². The number of benzene rings is 3. The van der Waals surface area contributed by atoms with Crippen LogP contribution in [0.15, 0.2) is 97.2 Å². The standard InChI is InChI=1S/C26H24N2O4/c1-18-23(25(29)32-17-20-10-6-3-7-11-20)24(28-26(30)27-18)21-12-14-22(15-13-21)31-16-19-8-4-2-5-9-19/h2-15,23-24H,1,16-17H2,(H2,27,28,30). The summed E-state index contributed by atoms with van der Waals surface area (Å²) in [6.07, 6.45) is 0. The Morgan fingerprint density at radius 3 is 2.06 bits per heavy atom. The van der Waals surface area contributed by atoms with Crippen LogP contribution in [0, 0.1) is 5.92 Å². The minimum atomic E-state index is -0.757. The lowest BCUT2D eigenvalue weighted by molar-refractivity contribution is -0.149. The Bertz CT molecular complexity index is 1080. The summed E-state index contributed by atoms with van der Waals surface area (Å²) in [5.41, 5.74) is 3.02. The van der Waals surface area contributed by atoms with Crippen LogP contribution in [-0.4, -0.2) is 12.0 Å². The van der Waals surface area contributed by atoms with E-state index in [1.807, 2.05) is 84.9 Å². The number of amides is 2. The number of hydrogen-bond donors (Lipinski definition) is 2. The first-order chi connectivity index (χ1) is 15.6. The molecule has 3 aromatic rings. The second kappa shape index (κ2) is 9.83. The molecule has 2 N–H and O–H groups in total. The molecule has 1 fully saturated rings. The molecule has 1 heterocycles. The van der Waals surface area contributed by atoms with Gasteiger partial charge in [-0.05, 0) is 28.8 Å². The van der Waals surface area contributed by atoms with Gasteiger partial charge in [-0.1, -0.05) is 79.4 Å². The van der Waals surface area contributed by atoms with Crippen molar-refractivity contribution in [2.45, 2.75) is 19.3 Å². The third-order valence-corrected chi connectivity index (χ3v) is 5.23. The van der Waals surface area contributed by atoms with Crippen LogP contribution in [0.5, 0.6) is 5.75 Å². The van der Waals surface area contributed by atoms with Crippen LogP contribution in [0.25, 0.3) is 0 Å². The second-order valence-corrected chi connectivity index (χ2v) is 7.52. The van der Waals surface area contributed by atoms with Gasteiger partial charge in [-0.2, -0.15) is 0 Å². The maximum absolute atomic E-state index is 12.9. The zero-order valence-electron chi connectivity index (χ0n) is 17.5. The molecule has 162 valence electrons. The van der Waals surface area contributed by atoms with Crippen molar-refractivity contribution in [3.05, 3.63) is 114 Å². The minimum absolute atomic E-state index is 0.149. The Morgan fingerprint density at radius 1 is 0.844 bits per heavy atom. The topological polar surface area (TPSA) is 76.7 Å². The van der Waals surface area contributed by atoms with Gasteiger partial charge in [0.15, 0.2) is 0 Å². The summed E-state index contributed by atoms with van der Waals surface area (Å²) in [4.78, 5) is 25.0. The van der Waals surface area contributed by atoms with E-state index in [4.69, 9.17) is 9.47 Å². The molecule has 0 saturated carbocycles. The second-order valence-electron chi connectivity index (χ2n) is 7.52. The van der Waals surface area contributed by atoms with Crippen molar-refractivity contribution in [3.63, 3.8) is 0 Å². The van der Waals surface area contributed by atoms with Gasteiger partial charge in [0.2, 0.25) is 0 Å². The van der Waals surface area contributed by atoms with E-state index < -0.39 is 24.0 Å². The highest BCUT2D eigenvalue weighted by molar-refractivity contribution is 5.85. The molecular weight excluding hydrogens is 404 g/mol. The maximum atomic E-state index is 12.9. The van der Waals surface area contributed by atoms with Gasteiger partial charge in [-0.25, -0.2) is 4.79 Å². The molecule has 6 nitrogen and oxygen atoms in total. The predicted molar refractivity (Wildman–Crippen MR) is 120 cm³/mol. The first kappa shape index (κ1) is 21.2. The monoisotopic (exact) mass is 428 g/mol. The number of hydrogen-bond acceptors (Lipinski definition) is 4. The van der Waals surface area contributed by atoms with Gasteiger partial charge in [-0.3, -0.25) is 4.79 Å². The van der Waals surface area contributed by atoms with Gasteiger partial charge < -0.3 is 20.1 Å². The van der Waals surface area contributed by atoms with Crippen molar-refractivity contribution < 1.29 is 19.1 Å². The van der Waals surface area contributed by atoms with Gasteiger partial charge in [0.25, 0.3) is 0 Å². The van der Waals surface area contributed by atoms with E-state index >= 15 is 0 Å². The van der Waals surface area contributed by atoms with Crippen molar-refractivity contribution in [1.29, 1.82) is 0 Å². The van der Waals surface area contributed by atoms with Crippen LogP contribution in [0.3, 0.4) is 0 Å². The molecule has 0 aliphatic carbocycles. The zero-order chi connectivity index (χ0) is 22.3. The van der Waals surface area contributed by atoms with Crippen LogP contribution in [0.4, 0.5) is 4.79 Å². The number of nitrogens with one attached hydrogen (secondary N) is 2. The third kappa shape index (κ3) is 5.16. The van der Waals surface area contributed by atoms with Crippen molar-refractivity contribution in [3.8, 4) is 5.75 Å². The SMILES string of the molecule is C=C1NC(=O)NC(c2ccc(OCc3ccccc3)cc2)C1C(=O)OCc1ccccc1. The van der Waals surface area contributed by atoms with E-state index in [1.54, 1.807) is 0 Å².